The number of hydrogen-bond donors (Lipinski definition) is 0. The van der Waals surface area contributed by atoms with Gasteiger partial charge in [0.05, 0.1) is 17.1 Å². The van der Waals surface area contributed by atoms with Gasteiger partial charge in [-0.3, -0.25) is 9.59 Å². The summed E-state index contributed by atoms with van der Waals surface area (Å²) in [6, 6.07) is 13.5. The first-order chi connectivity index (χ1) is 13.6. The van der Waals surface area contributed by atoms with E-state index in [1.165, 1.54) is 0 Å². The summed E-state index contributed by atoms with van der Waals surface area (Å²) in [5, 5.41) is 0. The van der Waals surface area contributed by atoms with Gasteiger partial charge in [0.25, 0.3) is 5.91 Å². The molecule has 1 atom stereocenters. The summed E-state index contributed by atoms with van der Waals surface area (Å²) in [4.78, 5) is 29.8. The van der Waals surface area contributed by atoms with Gasteiger partial charge in [-0.15, -0.1) is 11.8 Å². The van der Waals surface area contributed by atoms with Gasteiger partial charge < -0.3 is 14.2 Å². The number of hydrogen-bond acceptors (Lipinski definition) is 4. The predicted molar refractivity (Wildman–Crippen MR) is 110 cm³/mol. The minimum Gasteiger partial charge on any atom is -0.459 e. The molecule has 2 amide bonds. The highest BCUT2D eigenvalue weighted by Gasteiger charge is 2.47. The number of rotatable bonds is 4. The Hall–Kier alpha value is -2.21. The van der Waals surface area contributed by atoms with Crippen LogP contribution in [-0.4, -0.2) is 51.9 Å². The maximum atomic E-state index is 13.2. The molecule has 0 N–H and O–H groups in total. The van der Waals surface area contributed by atoms with Gasteiger partial charge >= 0.3 is 0 Å². The minimum absolute atomic E-state index is 0.0366. The molecule has 0 saturated carbocycles. The molecule has 0 radical (unpaired) electrons. The third kappa shape index (κ3) is 3.46. The molecule has 2 saturated heterocycles. The summed E-state index contributed by atoms with van der Waals surface area (Å²) < 4.78 is 5.33. The number of thioether (sulfide) groups is 1. The molecule has 3 heterocycles. The van der Waals surface area contributed by atoms with E-state index in [9.17, 15) is 9.59 Å². The van der Waals surface area contributed by atoms with E-state index in [1.54, 1.807) is 18.4 Å². The lowest BCUT2D eigenvalue weighted by atomic mass is 9.93. The first kappa shape index (κ1) is 19.1. The lowest BCUT2D eigenvalue weighted by Crippen LogP contribution is -2.54. The van der Waals surface area contributed by atoms with E-state index in [0.29, 0.717) is 18.8 Å². The molecule has 1 unspecified atom stereocenters. The Kier molecular flexibility index (Phi) is 5.49. The number of piperidine rings is 1. The van der Waals surface area contributed by atoms with E-state index in [4.69, 9.17) is 4.42 Å². The van der Waals surface area contributed by atoms with Gasteiger partial charge in [0.15, 0.2) is 5.76 Å². The van der Waals surface area contributed by atoms with Crippen molar-refractivity contribution in [3.8, 4) is 0 Å². The fourth-order valence-electron chi connectivity index (χ4n) is 4.38. The molecule has 148 valence electrons. The van der Waals surface area contributed by atoms with E-state index < -0.39 is 0 Å². The van der Waals surface area contributed by atoms with Crippen LogP contribution in [0.5, 0.6) is 0 Å². The molecule has 4 rings (SSSR count). The van der Waals surface area contributed by atoms with Crippen molar-refractivity contribution in [2.45, 2.75) is 37.0 Å². The van der Waals surface area contributed by atoms with Crippen molar-refractivity contribution in [1.29, 1.82) is 0 Å². The third-order valence-electron chi connectivity index (χ3n) is 5.92. The van der Waals surface area contributed by atoms with Crippen LogP contribution < -0.4 is 0 Å². The van der Waals surface area contributed by atoms with E-state index in [0.717, 1.165) is 37.1 Å². The Morgan fingerprint density at radius 1 is 1.11 bits per heavy atom. The van der Waals surface area contributed by atoms with E-state index in [1.807, 2.05) is 51.9 Å². The van der Waals surface area contributed by atoms with Gasteiger partial charge in [-0.2, -0.15) is 0 Å². The number of carbonyl (C=O) groups excluding carboxylic acids is 2. The fourth-order valence-corrected chi connectivity index (χ4v) is 5.83. The Morgan fingerprint density at radius 3 is 2.50 bits per heavy atom. The Labute approximate surface area is 170 Å². The van der Waals surface area contributed by atoms with Crippen molar-refractivity contribution in [3.05, 3.63) is 60.1 Å². The maximum Gasteiger partial charge on any atom is 0.290 e. The van der Waals surface area contributed by atoms with Crippen molar-refractivity contribution in [1.82, 2.24) is 9.80 Å². The molecule has 2 aromatic rings. The molecule has 6 heteroatoms. The number of carbonyl (C=O) groups is 2. The van der Waals surface area contributed by atoms with Gasteiger partial charge in [-0.05, 0) is 37.0 Å². The zero-order valence-corrected chi connectivity index (χ0v) is 17.0. The SMILES string of the molecule is CCC(C(=O)N1CCC2(CC1)SCCN2C(=O)c1ccco1)c1ccccc1. The summed E-state index contributed by atoms with van der Waals surface area (Å²) in [6.07, 6.45) is 3.95. The molecule has 2 aliphatic rings. The molecular weight excluding hydrogens is 372 g/mol. The lowest BCUT2D eigenvalue weighted by molar-refractivity contribution is -0.134. The number of furan rings is 1. The molecule has 5 nitrogen and oxygen atoms in total. The number of amides is 2. The predicted octanol–water partition coefficient (Wildman–Crippen LogP) is 3.98. The van der Waals surface area contributed by atoms with Crippen LogP contribution in [0.25, 0.3) is 0 Å². The van der Waals surface area contributed by atoms with Gasteiger partial charge in [0.1, 0.15) is 0 Å². The maximum absolute atomic E-state index is 13.2. The monoisotopic (exact) mass is 398 g/mol. The van der Waals surface area contributed by atoms with Crippen molar-refractivity contribution in [2.75, 3.05) is 25.4 Å². The van der Waals surface area contributed by atoms with Gasteiger partial charge in [0, 0.05) is 25.4 Å². The van der Waals surface area contributed by atoms with Crippen LogP contribution in [0, 0.1) is 0 Å². The van der Waals surface area contributed by atoms with Crippen molar-refractivity contribution in [3.63, 3.8) is 0 Å². The van der Waals surface area contributed by atoms with E-state index >= 15 is 0 Å². The highest BCUT2D eigenvalue weighted by Crippen LogP contribution is 2.45. The second-order valence-corrected chi connectivity index (χ2v) is 8.88. The highest BCUT2D eigenvalue weighted by atomic mass is 32.2. The van der Waals surface area contributed by atoms with Crippen LogP contribution in [0.3, 0.4) is 0 Å². The summed E-state index contributed by atoms with van der Waals surface area (Å²) in [5.74, 6) is 1.41. The normalized spacial score (nSPS) is 19.8. The summed E-state index contributed by atoms with van der Waals surface area (Å²) >= 11 is 1.85. The van der Waals surface area contributed by atoms with Crippen molar-refractivity contribution in [2.24, 2.45) is 0 Å². The first-order valence-electron chi connectivity index (χ1n) is 9.98. The van der Waals surface area contributed by atoms with E-state index in [-0.39, 0.29) is 22.6 Å². The molecule has 1 spiro atoms. The second kappa shape index (κ2) is 8.03. The Morgan fingerprint density at radius 2 is 1.86 bits per heavy atom. The number of benzene rings is 1. The minimum atomic E-state index is -0.213. The van der Waals surface area contributed by atoms with Crippen molar-refractivity contribution >= 4 is 23.6 Å². The molecular formula is C22H26N2O3S. The summed E-state index contributed by atoms with van der Waals surface area (Å²) in [5.41, 5.74) is 1.08. The van der Waals surface area contributed by atoms with Crippen LogP contribution in [-0.2, 0) is 4.79 Å². The molecule has 1 aromatic carbocycles. The molecule has 28 heavy (non-hydrogen) atoms. The summed E-state index contributed by atoms with van der Waals surface area (Å²) in [7, 11) is 0. The largest absolute Gasteiger partial charge is 0.459 e. The topological polar surface area (TPSA) is 53.8 Å². The van der Waals surface area contributed by atoms with Crippen LogP contribution in [0.1, 0.15) is 48.2 Å². The van der Waals surface area contributed by atoms with Gasteiger partial charge in [-0.1, -0.05) is 37.3 Å². The quantitative estimate of drug-likeness (QED) is 0.782. The smallest absolute Gasteiger partial charge is 0.290 e. The zero-order valence-electron chi connectivity index (χ0n) is 16.2. The molecule has 1 aromatic heterocycles. The standard InChI is InChI=1S/C22H26N2O3S/c1-2-18(17-7-4-3-5-8-17)20(25)23-12-10-22(11-13-23)24(14-16-28-22)21(26)19-9-6-15-27-19/h3-9,15,18H,2,10-14,16H2,1H3. The van der Waals surface area contributed by atoms with Crippen LogP contribution >= 0.6 is 11.8 Å². The third-order valence-corrected chi connectivity index (χ3v) is 7.47. The molecule has 0 aliphatic carbocycles. The lowest BCUT2D eigenvalue weighted by Gasteiger charge is -2.44. The van der Waals surface area contributed by atoms with E-state index in [2.05, 4.69) is 6.92 Å². The van der Waals surface area contributed by atoms with Crippen LogP contribution in [0.15, 0.2) is 53.1 Å². The average Bonchev–Trinajstić information content (AvgIpc) is 3.40. The van der Waals surface area contributed by atoms with Crippen LogP contribution in [0.4, 0.5) is 0 Å². The molecule has 2 fully saturated rings. The number of likely N-dealkylation sites (tertiary alicyclic amines) is 1. The Balaban J connectivity index is 1.45. The number of nitrogens with zero attached hydrogens (tertiary/aromatic N) is 2. The second-order valence-electron chi connectivity index (χ2n) is 7.43. The summed E-state index contributed by atoms with van der Waals surface area (Å²) in [6.45, 7) is 4.19. The first-order valence-corrected chi connectivity index (χ1v) is 11.0. The van der Waals surface area contributed by atoms with Gasteiger partial charge in [0.2, 0.25) is 5.91 Å². The highest BCUT2D eigenvalue weighted by molar-refractivity contribution is 8.00. The van der Waals surface area contributed by atoms with Crippen molar-refractivity contribution < 1.29 is 14.0 Å². The fraction of sp³-hybridized carbons (Fsp3) is 0.455. The average molecular weight is 399 g/mol. The van der Waals surface area contributed by atoms with Crippen LogP contribution in [0.2, 0.25) is 0 Å². The van der Waals surface area contributed by atoms with Gasteiger partial charge in [-0.25, -0.2) is 0 Å². The molecule has 2 aliphatic heterocycles. The Bertz CT molecular complexity index is 814. The molecule has 0 bridgehead atoms. The zero-order chi connectivity index (χ0) is 19.6.